The van der Waals surface area contributed by atoms with Crippen molar-refractivity contribution in [2.45, 2.75) is 64.8 Å². The Morgan fingerprint density at radius 2 is 1.60 bits per heavy atom. The number of alkyl carbamates (subject to hydrolysis) is 1. The van der Waals surface area contributed by atoms with Gasteiger partial charge in [0.1, 0.15) is 23.2 Å². The van der Waals surface area contributed by atoms with Crippen LogP contribution in [0.1, 0.15) is 62.7 Å². The summed E-state index contributed by atoms with van der Waals surface area (Å²) in [6.45, 7) is 16.4. The number of Topliss-reactive ketones (excluding diaryl/α,β-unsaturated/α-hetero) is 1. The summed E-state index contributed by atoms with van der Waals surface area (Å²) in [6, 6.07) is 9.46. The molecular formula is C42H56N10O8. The number of nitrogens with zero attached hydrogens (tertiary/aromatic N) is 9. The van der Waals surface area contributed by atoms with Gasteiger partial charge in [0, 0.05) is 82.1 Å². The Labute approximate surface area is 351 Å². The predicted octanol–water partition coefficient (Wildman–Crippen LogP) is 3.69. The first kappa shape index (κ1) is 44.1. The molecule has 0 saturated carbocycles. The molecular weight excluding hydrogens is 773 g/mol. The molecule has 18 heteroatoms. The number of carbonyl (C=O) groups excluding carboxylic acids is 3. The largest absolute Gasteiger partial charge is 0.444 e. The van der Waals surface area contributed by atoms with E-state index in [1.807, 2.05) is 61.5 Å². The maximum Gasteiger partial charge on any atom is 0.407 e. The first-order valence-electron chi connectivity index (χ1n) is 20.4. The summed E-state index contributed by atoms with van der Waals surface area (Å²) < 4.78 is 27.4. The van der Waals surface area contributed by atoms with Gasteiger partial charge in [0.15, 0.2) is 5.78 Å². The fraction of sp³-hybridized carbons (Fsp3) is 0.571. The lowest BCUT2D eigenvalue weighted by Crippen LogP contribution is -2.52. The number of aromatic nitrogens is 4. The highest BCUT2D eigenvalue weighted by Gasteiger charge is 2.45. The molecule has 322 valence electrons. The number of fused-ring (bicyclic) bond motifs is 2. The highest BCUT2D eigenvalue weighted by Crippen LogP contribution is 2.40. The Morgan fingerprint density at radius 3 is 2.28 bits per heavy atom. The second-order valence-corrected chi connectivity index (χ2v) is 16.2. The lowest BCUT2D eigenvalue weighted by molar-refractivity contribution is -0.00231. The van der Waals surface area contributed by atoms with Crippen LogP contribution in [0.2, 0.25) is 0 Å². The summed E-state index contributed by atoms with van der Waals surface area (Å²) in [5.74, 6) is 1.10. The Balaban J connectivity index is 0.865. The Hall–Kier alpha value is -5.48. The number of piperazine rings is 1. The number of anilines is 2. The van der Waals surface area contributed by atoms with E-state index in [4.69, 9.17) is 38.6 Å². The molecule has 1 N–H and O–H groups in total. The van der Waals surface area contributed by atoms with Crippen LogP contribution in [-0.2, 0) is 30.2 Å². The average Bonchev–Trinajstić information content (AvgIpc) is 3.64. The van der Waals surface area contributed by atoms with Gasteiger partial charge in [0.05, 0.1) is 69.1 Å². The fourth-order valence-electron chi connectivity index (χ4n) is 7.24. The predicted molar refractivity (Wildman–Crippen MR) is 221 cm³/mol. The smallest absolute Gasteiger partial charge is 0.407 e. The van der Waals surface area contributed by atoms with Crippen LogP contribution in [0, 0.1) is 11.3 Å². The molecule has 0 unspecified atom stereocenters. The van der Waals surface area contributed by atoms with Crippen molar-refractivity contribution in [1.29, 1.82) is 5.26 Å². The standard InChI is InChI=1S/C42H56N10O8/c1-41(2,3)60-39(54)45-12-17-57-19-21-59-23-22-58-20-18-56-16-7-13-50-29-32-28-49(14-15-51(32)40(50)55)38-46-25-31(26-47-38)34-10-9-33-36(53)42(4,5)52(37(33)48-34)27-30-8-6-11-44-35(30)24-43/h6,8-11,25-26,32H,7,12-23,27-29H2,1-5H3,(H,45,54)/t32-/m0/s1. The number of amides is 3. The highest BCUT2D eigenvalue weighted by atomic mass is 16.6. The van der Waals surface area contributed by atoms with Crippen molar-refractivity contribution in [3.8, 4) is 17.3 Å². The number of carbonyl (C=O) groups is 3. The SMILES string of the molecule is CC(C)(C)OC(=O)NCCOCCOCCOCCOCCCN1C[C@@H]2CN(c3ncc(-c4ccc5c(n4)N(Cc4cccnc4C#N)C(C)(C)C5=O)cn3)CCN2C1=O. The lowest BCUT2D eigenvalue weighted by Gasteiger charge is -2.36. The Kier molecular flexibility index (Phi) is 14.8. The molecule has 1 atom stereocenters. The van der Waals surface area contributed by atoms with Gasteiger partial charge >= 0.3 is 12.1 Å². The zero-order valence-corrected chi connectivity index (χ0v) is 35.2. The summed E-state index contributed by atoms with van der Waals surface area (Å²) in [4.78, 5) is 64.5. The number of ketones is 1. The van der Waals surface area contributed by atoms with Crippen LogP contribution in [0.4, 0.5) is 21.4 Å². The molecule has 0 radical (unpaired) electrons. The van der Waals surface area contributed by atoms with Crippen LogP contribution < -0.4 is 15.1 Å². The second-order valence-electron chi connectivity index (χ2n) is 16.2. The number of ether oxygens (including phenoxy) is 5. The maximum absolute atomic E-state index is 13.4. The highest BCUT2D eigenvalue weighted by molar-refractivity contribution is 6.12. The average molecular weight is 829 g/mol. The summed E-state index contributed by atoms with van der Waals surface area (Å²) in [6.07, 6.45) is 5.32. The molecule has 6 heterocycles. The summed E-state index contributed by atoms with van der Waals surface area (Å²) in [7, 11) is 0. The Morgan fingerprint density at radius 1 is 0.917 bits per heavy atom. The summed E-state index contributed by atoms with van der Waals surface area (Å²) >= 11 is 0. The van der Waals surface area contributed by atoms with Crippen LogP contribution in [0.5, 0.6) is 0 Å². The molecule has 60 heavy (non-hydrogen) atoms. The third kappa shape index (κ3) is 11.2. The minimum absolute atomic E-state index is 0.0328. The van der Waals surface area contributed by atoms with E-state index in [0.29, 0.717) is 133 Å². The van der Waals surface area contributed by atoms with E-state index >= 15 is 0 Å². The van der Waals surface area contributed by atoms with Crippen molar-refractivity contribution in [1.82, 2.24) is 35.1 Å². The minimum Gasteiger partial charge on any atom is -0.444 e. The van der Waals surface area contributed by atoms with E-state index in [-0.39, 0.29) is 17.9 Å². The topological polar surface area (TPSA) is 198 Å². The quantitative estimate of drug-likeness (QED) is 0.162. The van der Waals surface area contributed by atoms with E-state index in [1.165, 1.54) is 0 Å². The van der Waals surface area contributed by atoms with Crippen LogP contribution >= 0.6 is 0 Å². The maximum atomic E-state index is 13.4. The van der Waals surface area contributed by atoms with Crippen molar-refractivity contribution in [2.24, 2.45) is 0 Å². The molecule has 18 nitrogen and oxygen atoms in total. The monoisotopic (exact) mass is 828 g/mol. The van der Waals surface area contributed by atoms with E-state index in [0.717, 1.165) is 12.0 Å². The van der Waals surface area contributed by atoms with Crippen molar-refractivity contribution >= 4 is 29.7 Å². The number of rotatable bonds is 20. The molecule has 0 aromatic carbocycles. The van der Waals surface area contributed by atoms with E-state index in [2.05, 4.69) is 21.3 Å². The molecule has 3 aromatic heterocycles. The molecule has 0 aliphatic carbocycles. The molecule has 2 fully saturated rings. The van der Waals surface area contributed by atoms with Crippen molar-refractivity contribution in [3.63, 3.8) is 0 Å². The van der Waals surface area contributed by atoms with Crippen molar-refractivity contribution < 1.29 is 38.1 Å². The number of pyridine rings is 2. The molecule has 3 aliphatic heterocycles. The van der Waals surface area contributed by atoms with Crippen molar-refractivity contribution in [2.75, 3.05) is 102 Å². The molecule has 6 rings (SSSR count). The normalized spacial score (nSPS) is 17.2. The van der Waals surface area contributed by atoms with Gasteiger partial charge < -0.3 is 48.6 Å². The first-order valence-corrected chi connectivity index (χ1v) is 20.4. The van der Waals surface area contributed by atoms with Gasteiger partial charge in [-0.1, -0.05) is 6.07 Å². The van der Waals surface area contributed by atoms with E-state index in [1.54, 1.807) is 30.7 Å². The van der Waals surface area contributed by atoms with Gasteiger partial charge in [0.25, 0.3) is 0 Å². The molecule has 0 bridgehead atoms. The zero-order chi connectivity index (χ0) is 42.7. The number of nitrogens with one attached hydrogen (secondary N) is 1. The zero-order valence-electron chi connectivity index (χ0n) is 35.2. The number of hydrogen-bond acceptors (Lipinski definition) is 15. The molecule has 0 spiro atoms. The molecule has 3 aromatic rings. The second kappa shape index (κ2) is 20.2. The molecule has 2 saturated heterocycles. The number of urea groups is 1. The minimum atomic E-state index is -0.859. The lowest BCUT2D eigenvalue weighted by atomic mass is 9.97. The first-order chi connectivity index (χ1) is 28.9. The van der Waals surface area contributed by atoms with Crippen LogP contribution in [-0.4, -0.2) is 157 Å². The third-order valence-electron chi connectivity index (χ3n) is 10.3. The summed E-state index contributed by atoms with van der Waals surface area (Å²) in [5, 5.41) is 12.2. The number of hydrogen-bond donors (Lipinski definition) is 1. The summed E-state index contributed by atoms with van der Waals surface area (Å²) in [5.41, 5.74) is 1.52. The van der Waals surface area contributed by atoms with Crippen LogP contribution in [0.3, 0.4) is 0 Å². The Bertz CT molecular complexity index is 1990. The number of nitriles is 1. The van der Waals surface area contributed by atoms with Gasteiger partial charge in [-0.25, -0.2) is 29.5 Å². The van der Waals surface area contributed by atoms with E-state index in [9.17, 15) is 19.6 Å². The molecule has 3 amide bonds. The molecule has 3 aliphatic rings. The fourth-order valence-corrected chi connectivity index (χ4v) is 7.24. The van der Waals surface area contributed by atoms with Gasteiger partial charge in [-0.2, -0.15) is 5.26 Å². The van der Waals surface area contributed by atoms with E-state index < -0.39 is 17.2 Å². The van der Waals surface area contributed by atoms with Gasteiger partial charge in [-0.05, 0) is 59.2 Å². The van der Waals surface area contributed by atoms with Gasteiger partial charge in [-0.15, -0.1) is 0 Å². The van der Waals surface area contributed by atoms with Gasteiger partial charge in [-0.3, -0.25) is 4.79 Å². The van der Waals surface area contributed by atoms with Gasteiger partial charge in [0.2, 0.25) is 5.95 Å². The third-order valence-corrected chi connectivity index (χ3v) is 10.3. The van der Waals surface area contributed by atoms with Crippen LogP contribution in [0.25, 0.3) is 11.3 Å². The van der Waals surface area contributed by atoms with Crippen molar-refractivity contribution in [3.05, 3.63) is 59.7 Å². The van der Waals surface area contributed by atoms with Crippen LogP contribution in [0.15, 0.2) is 42.9 Å².